The van der Waals surface area contributed by atoms with Gasteiger partial charge in [-0.15, -0.1) is 0 Å². The molecule has 0 aliphatic carbocycles. The normalized spacial score (nSPS) is 12.0. The highest BCUT2D eigenvalue weighted by molar-refractivity contribution is 4.68. The Hall–Kier alpha value is 0. The van der Waals surface area contributed by atoms with E-state index in [1.807, 2.05) is 0 Å². The topological polar surface area (TPSA) is 0 Å². The lowest BCUT2D eigenvalue weighted by molar-refractivity contribution is 0.282. The van der Waals surface area contributed by atoms with Crippen LogP contribution in [0.1, 0.15) is 195 Å². The fraction of sp³-hybridized carbons (Fsp3) is 1.00. The molecule has 0 amide bonds. The maximum atomic E-state index is 2.51. The minimum atomic E-state index is 0.583. The van der Waals surface area contributed by atoms with Crippen molar-refractivity contribution >= 4 is 0 Å². The zero-order chi connectivity index (χ0) is 22.9. The van der Waals surface area contributed by atoms with E-state index in [9.17, 15) is 0 Å². The largest absolute Gasteiger partial charge is 0.0654 e. The fourth-order valence-corrected chi connectivity index (χ4v) is 5.01. The van der Waals surface area contributed by atoms with Crippen LogP contribution in [0.15, 0.2) is 0 Å². The molecule has 0 heteroatoms. The predicted molar refractivity (Wildman–Crippen MR) is 145 cm³/mol. The third-order valence-corrected chi connectivity index (χ3v) is 7.41. The molecule has 0 rings (SSSR count). The molecule has 0 saturated carbocycles. The minimum Gasteiger partial charge on any atom is -0.0654 e. The van der Waals surface area contributed by atoms with Crippen molar-refractivity contribution in [2.24, 2.45) is 5.41 Å². The summed E-state index contributed by atoms with van der Waals surface area (Å²) in [5.74, 6) is 0. The van der Waals surface area contributed by atoms with Crippen molar-refractivity contribution in [1.82, 2.24) is 0 Å². The Morgan fingerprint density at radius 1 is 0.290 bits per heavy atom. The predicted octanol–water partition coefficient (Wildman–Crippen LogP) is 12.2. The molecule has 0 unspecified atom stereocenters. The van der Waals surface area contributed by atoms with E-state index in [0.29, 0.717) is 5.41 Å². The Bertz CT molecular complexity index is 316. The van der Waals surface area contributed by atoms with Crippen LogP contribution in [-0.2, 0) is 0 Å². The number of rotatable bonds is 26. The average molecular weight is 437 g/mol. The summed E-state index contributed by atoms with van der Waals surface area (Å²) in [6.45, 7) is 9.63. The van der Waals surface area contributed by atoms with E-state index in [1.54, 1.807) is 0 Å². The Morgan fingerprint density at radius 3 is 0.710 bits per heavy atom. The van der Waals surface area contributed by atoms with Crippen molar-refractivity contribution in [2.45, 2.75) is 195 Å². The second kappa shape index (κ2) is 24.6. The Labute approximate surface area is 200 Å². The molecule has 188 valence electrons. The first-order chi connectivity index (χ1) is 15.1. The van der Waals surface area contributed by atoms with E-state index in [0.717, 1.165) is 0 Å². The number of unbranched alkanes of at least 4 members (excludes halogenated alkanes) is 22. The highest BCUT2D eigenvalue weighted by Crippen LogP contribution is 2.30. The molecule has 0 heterocycles. The molecule has 0 aromatic carbocycles. The van der Waals surface area contributed by atoms with Gasteiger partial charge in [-0.05, 0) is 18.3 Å². The molecule has 0 N–H and O–H groups in total. The van der Waals surface area contributed by atoms with E-state index in [1.165, 1.54) is 167 Å². The van der Waals surface area contributed by atoms with Crippen LogP contribution in [0.5, 0.6) is 0 Å². The van der Waals surface area contributed by atoms with Gasteiger partial charge in [-0.2, -0.15) is 0 Å². The molecule has 0 spiro atoms. The van der Waals surface area contributed by atoms with Crippen LogP contribution in [0.2, 0.25) is 0 Å². The monoisotopic (exact) mass is 437 g/mol. The minimum absolute atomic E-state index is 0.583. The molecular formula is C31H64. The number of hydrogen-bond donors (Lipinski definition) is 0. The van der Waals surface area contributed by atoms with Crippen LogP contribution in [0, 0.1) is 5.41 Å². The molecule has 0 nitrogen and oxygen atoms in total. The smallest absolute Gasteiger partial charge is 0.0354 e. The van der Waals surface area contributed by atoms with Crippen molar-refractivity contribution in [3.63, 3.8) is 0 Å². The van der Waals surface area contributed by atoms with Crippen LogP contribution in [0.3, 0.4) is 0 Å². The summed E-state index contributed by atoms with van der Waals surface area (Å²) >= 11 is 0. The van der Waals surface area contributed by atoms with Gasteiger partial charge in [-0.1, -0.05) is 182 Å². The fourth-order valence-electron chi connectivity index (χ4n) is 5.01. The van der Waals surface area contributed by atoms with Gasteiger partial charge in [0.05, 0.1) is 0 Å². The van der Waals surface area contributed by atoms with Gasteiger partial charge in [-0.25, -0.2) is 0 Å². The molecule has 0 atom stereocenters. The van der Waals surface area contributed by atoms with Gasteiger partial charge in [0.2, 0.25) is 0 Å². The summed E-state index contributed by atoms with van der Waals surface area (Å²) in [6.07, 6.45) is 38.0. The van der Waals surface area contributed by atoms with Crippen LogP contribution < -0.4 is 0 Å². The standard InChI is InChI=1S/C31H64/c1-5-7-9-11-13-14-15-16-17-18-19-20-21-22-23-24-26-28-30-31(3,4)29-27-25-12-10-8-6-2/h5-30H2,1-4H3. The van der Waals surface area contributed by atoms with E-state index in [4.69, 9.17) is 0 Å². The Kier molecular flexibility index (Phi) is 24.6. The summed E-state index contributed by atoms with van der Waals surface area (Å²) in [5.41, 5.74) is 0.583. The summed E-state index contributed by atoms with van der Waals surface area (Å²) in [6, 6.07) is 0. The van der Waals surface area contributed by atoms with Crippen LogP contribution in [0.25, 0.3) is 0 Å². The summed E-state index contributed by atoms with van der Waals surface area (Å²) < 4.78 is 0. The van der Waals surface area contributed by atoms with Crippen LogP contribution in [-0.4, -0.2) is 0 Å². The highest BCUT2D eigenvalue weighted by atomic mass is 14.2. The van der Waals surface area contributed by atoms with Gasteiger partial charge in [0.25, 0.3) is 0 Å². The molecule has 0 saturated heterocycles. The van der Waals surface area contributed by atoms with Gasteiger partial charge in [0, 0.05) is 0 Å². The van der Waals surface area contributed by atoms with Crippen molar-refractivity contribution < 1.29 is 0 Å². The van der Waals surface area contributed by atoms with Gasteiger partial charge in [-0.3, -0.25) is 0 Å². The third-order valence-electron chi connectivity index (χ3n) is 7.41. The van der Waals surface area contributed by atoms with Gasteiger partial charge < -0.3 is 0 Å². The summed E-state index contributed by atoms with van der Waals surface area (Å²) in [5, 5.41) is 0. The first-order valence-corrected chi connectivity index (χ1v) is 15.1. The summed E-state index contributed by atoms with van der Waals surface area (Å²) in [7, 11) is 0. The van der Waals surface area contributed by atoms with Gasteiger partial charge >= 0.3 is 0 Å². The molecular weight excluding hydrogens is 372 g/mol. The van der Waals surface area contributed by atoms with E-state index in [2.05, 4.69) is 27.7 Å². The Balaban J connectivity index is 3.21. The van der Waals surface area contributed by atoms with E-state index < -0.39 is 0 Å². The maximum absolute atomic E-state index is 2.51. The first kappa shape index (κ1) is 31.0. The average Bonchev–Trinajstić information content (AvgIpc) is 2.75. The van der Waals surface area contributed by atoms with Gasteiger partial charge in [0.15, 0.2) is 0 Å². The van der Waals surface area contributed by atoms with Gasteiger partial charge in [0.1, 0.15) is 0 Å². The van der Waals surface area contributed by atoms with Crippen molar-refractivity contribution in [3.8, 4) is 0 Å². The maximum Gasteiger partial charge on any atom is -0.0354 e. The molecule has 0 aliphatic heterocycles. The van der Waals surface area contributed by atoms with Crippen LogP contribution >= 0.6 is 0 Å². The molecule has 0 aromatic heterocycles. The zero-order valence-corrected chi connectivity index (χ0v) is 22.9. The molecule has 0 aromatic rings. The second-order valence-corrected chi connectivity index (χ2v) is 11.4. The molecule has 0 radical (unpaired) electrons. The highest BCUT2D eigenvalue weighted by Gasteiger charge is 2.16. The van der Waals surface area contributed by atoms with Crippen molar-refractivity contribution in [3.05, 3.63) is 0 Å². The van der Waals surface area contributed by atoms with Crippen molar-refractivity contribution in [1.29, 1.82) is 0 Å². The lowest BCUT2D eigenvalue weighted by atomic mass is 9.82. The van der Waals surface area contributed by atoms with E-state index in [-0.39, 0.29) is 0 Å². The SMILES string of the molecule is CCCCCCCCCCCCCCCCCCCCC(C)(C)CCCCCCCC. The third kappa shape index (κ3) is 26.1. The summed E-state index contributed by atoms with van der Waals surface area (Å²) in [4.78, 5) is 0. The quantitative estimate of drug-likeness (QED) is 0.118. The molecule has 0 bridgehead atoms. The van der Waals surface area contributed by atoms with Crippen molar-refractivity contribution in [2.75, 3.05) is 0 Å². The molecule has 0 aliphatic rings. The van der Waals surface area contributed by atoms with Crippen LogP contribution in [0.4, 0.5) is 0 Å². The molecule has 31 heavy (non-hydrogen) atoms. The lowest BCUT2D eigenvalue weighted by Gasteiger charge is -2.24. The number of hydrogen-bond acceptors (Lipinski definition) is 0. The lowest BCUT2D eigenvalue weighted by Crippen LogP contribution is -2.11. The first-order valence-electron chi connectivity index (χ1n) is 15.1. The Morgan fingerprint density at radius 2 is 0.484 bits per heavy atom. The molecule has 0 fully saturated rings. The van der Waals surface area contributed by atoms with E-state index >= 15 is 0 Å². The zero-order valence-electron chi connectivity index (χ0n) is 22.9. The second-order valence-electron chi connectivity index (χ2n) is 11.4.